The molecule has 20 heavy (non-hydrogen) atoms. The van der Waals surface area contributed by atoms with Gasteiger partial charge in [-0.05, 0) is 55.3 Å². The van der Waals surface area contributed by atoms with E-state index in [4.69, 9.17) is 16.3 Å². The lowest BCUT2D eigenvalue weighted by atomic mass is 10.1. The van der Waals surface area contributed by atoms with Gasteiger partial charge >= 0.3 is 0 Å². The van der Waals surface area contributed by atoms with Gasteiger partial charge < -0.3 is 10.1 Å². The minimum absolute atomic E-state index is 0.327. The topological polar surface area (TPSA) is 21.3 Å². The van der Waals surface area contributed by atoms with Crippen LogP contribution in [0.4, 0.5) is 0 Å². The van der Waals surface area contributed by atoms with Gasteiger partial charge in [0, 0.05) is 11.1 Å². The van der Waals surface area contributed by atoms with E-state index in [1.807, 2.05) is 24.3 Å². The molecular formula is C17H20ClNO. The maximum atomic E-state index is 5.88. The SMILES string of the molecule is COc1ccc(C(C)NCCc2ccc(Cl)cc2)cc1. The van der Waals surface area contributed by atoms with Gasteiger partial charge in [-0.15, -0.1) is 0 Å². The monoisotopic (exact) mass is 289 g/mol. The fourth-order valence-corrected chi connectivity index (χ4v) is 2.22. The molecule has 0 aromatic heterocycles. The fraction of sp³-hybridized carbons (Fsp3) is 0.294. The molecule has 0 spiro atoms. The van der Waals surface area contributed by atoms with Crippen LogP contribution in [-0.2, 0) is 6.42 Å². The van der Waals surface area contributed by atoms with E-state index in [1.165, 1.54) is 11.1 Å². The Balaban J connectivity index is 1.82. The average Bonchev–Trinajstić information content (AvgIpc) is 2.49. The van der Waals surface area contributed by atoms with E-state index in [2.05, 4.69) is 36.5 Å². The number of hydrogen-bond acceptors (Lipinski definition) is 2. The van der Waals surface area contributed by atoms with Gasteiger partial charge in [0.2, 0.25) is 0 Å². The first kappa shape index (κ1) is 14.9. The predicted octanol–water partition coefficient (Wildman–Crippen LogP) is 4.24. The predicted molar refractivity (Wildman–Crippen MR) is 84.6 cm³/mol. The van der Waals surface area contributed by atoms with Crippen molar-refractivity contribution in [3.63, 3.8) is 0 Å². The zero-order valence-electron chi connectivity index (χ0n) is 11.9. The summed E-state index contributed by atoms with van der Waals surface area (Å²) in [7, 11) is 1.68. The van der Waals surface area contributed by atoms with E-state index < -0.39 is 0 Å². The molecule has 0 aliphatic carbocycles. The van der Waals surface area contributed by atoms with Crippen LogP contribution >= 0.6 is 11.6 Å². The van der Waals surface area contributed by atoms with Crippen LogP contribution in [0.3, 0.4) is 0 Å². The van der Waals surface area contributed by atoms with Crippen molar-refractivity contribution in [2.24, 2.45) is 0 Å². The number of nitrogens with one attached hydrogen (secondary N) is 1. The maximum Gasteiger partial charge on any atom is 0.118 e. The van der Waals surface area contributed by atoms with Gasteiger partial charge in [-0.3, -0.25) is 0 Å². The Labute approximate surface area is 125 Å². The van der Waals surface area contributed by atoms with E-state index in [1.54, 1.807) is 7.11 Å². The average molecular weight is 290 g/mol. The van der Waals surface area contributed by atoms with E-state index in [0.29, 0.717) is 6.04 Å². The highest BCUT2D eigenvalue weighted by Gasteiger charge is 2.04. The molecule has 106 valence electrons. The minimum atomic E-state index is 0.327. The van der Waals surface area contributed by atoms with Crippen LogP contribution in [0.25, 0.3) is 0 Å². The van der Waals surface area contributed by atoms with Crippen LogP contribution in [0.5, 0.6) is 5.75 Å². The Morgan fingerprint density at radius 2 is 1.70 bits per heavy atom. The third-order valence-corrected chi connectivity index (χ3v) is 3.65. The zero-order chi connectivity index (χ0) is 14.4. The molecular weight excluding hydrogens is 270 g/mol. The fourth-order valence-electron chi connectivity index (χ4n) is 2.09. The lowest BCUT2D eigenvalue weighted by Crippen LogP contribution is -2.21. The Morgan fingerprint density at radius 1 is 1.05 bits per heavy atom. The minimum Gasteiger partial charge on any atom is -0.497 e. The molecule has 0 fully saturated rings. The van der Waals surface area contributed by atoms with E-state index in [0.717, 1.165) is 23.7 Å². The Hall–Kier alpha value is -1.51. The van der Waals surface area contributed by atoms with Gasteiger partial charge in [0.1, 0.15) is 5.75 Å². The van der Waals surface area contributed by atoms with Gasteiger partial charge in [-0.2, -0.15) is 0 Å². The Kier molecular flexibility index (Phi) is 5.45. The molecule has 0 saturated carbocycles. The molecule has 2 aromatic rings. The standard InChI is InChI=1S/C17H20ClNO/c1-13(15-5-9-17(20-2)10-6-15)19-12-11-14-3-7-16(18)8-4-14/h3-10,13,19H,11-12H2,1-2H3. The summed E-state index contributed by atoms with van der Waals surface area (Å²) >= 11 is 5.88. The molecule has 1 unspecified atom stereocenters. The largest absolute Gasteiger partial charge is 0.497 e. The third-order valence-electron chi connectivity index (χ3n) is 3.39. The van der Waals surface area contributed by atoms with Crippen molar-refractivity contribution in [2.75, 3.05) is 13.7 Å². The number of benzene rings is 2. The van der Waals surface area contributed by atoms with Gasteiger partial charge in [-0.25, -0.2) is 0 Å². The summed E-state index contributed by atoms with van der Waals surface area (Å²) in [5, 5.41) is 4.31. The number of ether oxygens (including phenoxy) is 1. The van der Waals surface area contributed by atoms with Crippen LogP contribution < -0.4 is 10.1 Å². The number of hydrogen-bond donors (Lipinski definition) is 1. The molecule has 0 saturated heterocycles. The molecule has 0 bridgehead atoms. The summed E-state index contributed by atoms with van der Waals surface area (Å²) in [5.41, 5.74) is 2.56. The second-order valence-electron chi connectivity index (χ2n) is 4.83. The van der Waals surface area contributed by atoms with E-state index in [-0.39, 0.29) is 0 Å². The lowest BCUT2D eigenvalue weighted by Gasteiger charge is -2.14. The molecule has 0 amide bonds. The van der Waals surface area contributed by atoms with Crippen LogP contribution in [0.15, 0.2) is 48.5 Å². The molecule has 0 aliphatic heterocycles. The quantitative estimate of drug-likeness (QED) is 0.859. The van der Waals surface area contributed by atoms with Crippen LogP contribution in [0.1, 0.15) is 24.1 Å². The van der Waals surface area contributed by atoms with Crippen LogP contribution in [0.2, 0.25) is 5.02 Å². The van der Waals surface area contributed by atoms with Gasteiger partial charge in [0.15, 0.2) is 0 Å². The van der Waals surface area contributed by atoms with Crippen LogP contribution in [0, 0.1) is 0 Å². The first-order valence-electron chi connectivity index (χ1n) is 6.81. The van der Waals surface area contributed by atoms with Crippen molar-refractivity contribution >= 4 is 11.6 Å². The molecule has 2 aromatic carbocycles. The van der Waals surface area contributed by atoms with Crippen molar-refractivity contribution in [1.82, 2.24) is 5.32 Å². The van der Waals surface area contributed by atoms with Crippen molar-refractivity contribution < 1.29 is 4.74 Å². The summed E-state index contributed by atoms with van der Waals surface area (Å²) in [6.07, 6.45) is 0.998. The highest BCUT2D eigenvalue weighted by molar-refractivity contribution is 6.30. The summed E-state index contributed by atoms with van der Waals surface area (Å²) in [6.45, 7) is 3.11. The molecule has 0 heterocycles. The Morgan fingerprint density at radius 3 is 2.30 bits per heavy atom. The van der Waals surface area contributed by atoms with E-state index >= 15 is 0 Å². The maximum absolute atomic E-state index is 5.88. The van der Waals surface area contributed by atoms with Crippen molar-refractivity contribution in [2.45, 2.75) is 19.4 Å². The summed E-state index contributed by atoms with van der Waals surface area (Å²) < 4.78 is 5.17. The second-order valence-corrected chi connectivity index (χ2v) is 5.26. The van der Waals surface area contributed by atoms with Gasteiger partial charge in [0.25, 0.3) is 0 Å². The van der Waals surface area contributed by atoms with Crippen molar-refractivity contribution in [3.8, 4) is 5.75 Å². The lowest BCUT2D eigenvalue weighted by molar-refractivity contribution is 0.414. The summed E-state index contributed by atoms with van der Waals surface area (Å²) in [6, 6.07) is 16.5. The normalized spacial score (nSPS) is 12.2. The number of halogens is 1. The first-order chi connectivity index (χ1) is 9.69. The number of rotatable bonds is 6. The molecule has 1 atom stereocenters. The number of methoxy groups -OCH3 is 1. The highest BCUT2D eigenvalue weighted by atomic mass is 35.5. The van der Waals surface area contributed by atoms with E-state index in [9.17, 15) is 0 Å². The van der Waals surface area contributed by atoms with Crippen molar-refractivity contribution in [1.29, 1.82) is 0 Å². The molecule has 1 N–H and O–H groups in total. The summed E-state index contributed by atoms with van der Waals surface area (Å²) in [4.78, 5) is 0. The Bertz CT molecular complexity index is 522. The smallest absolute Gasteiger partial charge is 0.118 e. The van der Waals surface area contributed by atoms with Gasteiger partial charge in [0.05, 0.1) is 7.11 Å². The van der Waals surface area contributed by atoms with Crippen LogP contribution in [-0.4, -0.2) is 13.7 Å². The summed E-state index contributed by atoms with van der Waals surface area (Å²) in [5.74, 6) is 0.891. The van der Waals surface area contributed by atoms with Crippen molar-refractivity contribution in [3.05, 3.63) is 64.7 Å². The first-order valence-corrected chi connectivity index (χ1v) is 7.18. The third kappa shape index (κ3) is 4.26. The zero-order valence-corrected chi connectivity index (χ0v) is 12.7. The van der Waals surface area contributed by atoms with Gasteiger partial charge in [-0.1, -0.05) is 35.9 Å². The molecule has 0 aliphatic rings. The molecule has 0 radical (unpaired) electrons. The molecule has 3 heteroatoms. The molecule has 2 rings (SSSR count). The second kappa shape index (κ2) is 7.32. The molecule has 2 nitrogen and oxygen atoms in total. The highest BCUT2D eigenvalue weighted by Crippen LogP contribution is 2.17.